The molecule has 27 heavy (non-hydrogen) atoms. The van der Waals surface area contributed by atoms with Crippen molar-refractivity contribution in [3.63, 3.8) is 0 Å². The molecule has 3 heterocycles. The molecule has 2 aliphatic heterocycles. The molecule has 1 N–H and O–H groups in total. The number of piperidine rings is 1. The van der Waals surface area contributed by atoms with E-state index in [2.05, 4.69) is 15.2 Å². The van der Waals surface area contributed by atoms with E-state index in [9.17, 15) is 9.59 Å². The Labute approximate surface area is 162 Å². The molecule has 2 fully saturated rings. The van der Waals surface area contributed by atoms with Gasteiger partial charge in [-0.2, -0.15) is 4.98 Å². The SMILES string of the molecule is O=C1CN(C(=O)CC2CCCN(c3nc4ccc(Cl)cc4o3)C2)CCCN1. The summed E-state index contributed by atoms with van der Waals surface area (Å²) in [6, 6.07) is 5.99. The van der Waals surface area contributed by atoms with Crippen LogP contribution < -0.4 is 10.2 Å². The van der Waals surface area contributed by atoms with Crippen LogP contribution >= 0.6 is 11.6 Å². The van der Waals surface area contributed by atoms with Crippen LogP contribution in [0.3, 0.4) is 0 Å². The van der Waals surface area contributed by atoms with E-state index in [0.717, 1.165) is 37.9 Å². The number of benzene rings is 1. The zero-order valence-corrected chi connectivity index (χ0v) is 15.9. The van der Waals surface area contributed by atoms with E-state index in [1.807, 2.05) is 6.07 Å². The molecule has 1 aromatic carbocycles. The molecule has 0 saturated carbocycles. The number of carbonyl (C=O) groups is 2. The average Bonchev–Trinajstić information content (AvgIpc) is 2.95. The predicted octanol–water partition coefficient (Wildman–Crippen LogP) is 2.44. The van der Waals surface area contributed by atoms with Gasteiger partial charge in [0.1, 0.15) is 5.52 Å². The Balaban J connectivity index is 1.41. The Morgan fingerprint density at radius 3 is 3.11 bits per heavy atom. The fraction of sp³-hybridized carbons (Fsp3) is 0.526. The van der Waals surface area contributed by atoms with Gasteiger partial charge >= 0.3 is 0 Å². The van der Waals surface area contributed by atoms with Crippen LogP contribution in [-0.2, 0) is 9.59 Å². The lowest BCUT2D eigenvalue weighted by molar-refractivity contribution is -0.136. The van der Waals surface area contributed by atoms with Gasteiger partial charge in [0.25, 0.3) is 6.01 Å². The number of carbonyl (C=O) groups excluding carboxylic acids is 2. The van der Waals surface area contributed by atoms with Crippen LogP contribution in [0.1, 0.15) is 25.7 Å². The molecule has 2 aromatic rings. The minimum atomic E-state index is -0.0729. The summed E-state index contributed by atoms with van der Waals surface area (Å²) in [6.45, 7) is 3.03. The Bertz CT molecular complexity index is 853. The van der Waals surface area contributed by atoms with Crippen molar-refractivity contribution in [3.8, 4) is 0 Å². The van der Waals surface area contributed by atoms with E-state index in [0.29, 0.717) is 36.1 Å². The fourth-order valence-electron chi connectivity index (χ4n) is 3.82. The highest BCUT2D eigenvalue weighted by Gasteiger charge is 2.28. The van der Waals surface area contributed by atoms with Gasteiger partial charge in [0.05, 0.1) is 6.54 Å². The fourth-order valence-corrected chi connectivity index (χ4v) is 3.98. The van der Waals surface area contributed by atoms with Crippen molar-refractivity contribution < 1.29 is 14.0 Å². The Hall–Kier alpha value is -2.28. The molecular formula is C19H23ClN4O3. The number of anilines is 1. The second-order valence-electron chi connectivity index (χ2n) is 7.29. The first-order chi connectivity index (χ1) is 13.1. The summed E-state index contributed by atoms with van der Waals surface area (Å²) in [5.74, 6) is 0.218. The van der Waals surface area contributed by atoms with Crippen molar-refractivity contribution in [2.75, 3.05) is 37.6 Å². The number of nitrogens with one attached hydrogen (secondary N) is 1. The Morgan fingerprint density at radius 1 is 1.33 bits per heavy atom. The van der Waals surface area contributed by atoms with Crippen molar-refractivity contribution in [3.05, 3.63) is 23.2 Å². The molecule has 2 aliphatic rings. The lowest BCUT2D eigenvalue weighted by Gasteiger charge is -2.32. The molecule has 0 radical (unpaired) electrons. The molecule has 1 aromatic heterocycles. The van der Waals surface area contributed by atoms with Crippen LogP contribution in [0.4, 0.5) is 6.01 Å². The standard InChI is InChI=1S/C19H23ClN4O3/c20-14-4-5-15-16(10-14)27-19(22-15)24-7-1-3-13(11-24)9-18(26)23-8-2-6-21-17(25)12-23/h4-5,10,13H,1-3,6-9,11-12H2,(H,21,25). The van der Waals surface area contributed by atoms with Crippen molar-refractivity contribution in [2.24, 2.45) is 5.92 Å². The van der Waals surface area contributed by atoms with Crippen molar-refractivity contribution in [2.45, 2.75) is 25.7 Å². The van der Waals surface area contributed by atoms with E-state index >= 15 is 0 Å². The maximum atomic E-state index is 12.7. The predicted molar refractivity (Wildman–Crippen MR) is 103 cm³/mol. The molecule has 0 bridgehead atoms. The van der Waals surface area contributed by atoms with E-state index in [1.54, 1.807) is 17.0 Å². The van der Waals surface area contributed by atoms with Crippen LogP contribution in [0, 0.1) is 5.92 Å². The van der Waals surface area contributed by atoms with Gasteiger partial charge in [-0.05, 0) is 37.3 Å². The molecule has 4 rings (SSSR count). The second kappa shape index (κ2) is 7.76. The van der Waals surface area contributed by atoms with Gasteiger partial charge in [-0.3, -0.25) is 9.59 Å². The van der Waals surface area contributed by atoms with Gasteiger partial charge < -0.3 is 19.5 Å². The van der Waals surface area contributed by atoms with Gasteiger partial charge in [0.15, 0.2) is 5.58 Å². The first kappa shape index (κ1) is 18.1. The number of oxazole rings is 1. The van der Waals surface area contributed by atoms with Crippen LogP contribution in [0.2, 0.25) is 5.02 Å². The van der Waals surface area contributed by atoms with Gasteiger partial charge in [0.2, 0.25) is 11.8 Å². The smallest absolute Gasteiger partial charge is 0.298 e. The second-order valence-corrected chi connectivity index (χ2v) is 7.72. The van der Waals surface area contributed by atoms with E-state index in [-0.39, 0.29) is 24.3 Å². The average molecular weight is 391 g/mol. The molecular weight excluding hydrogens is 368 g/mol. The summed E-state index contributed by atoms with van der Waals surface area (Å²) in [5, 5.41) is 3.43. The maximum absolute atomic E-state index is 12.7. The quantitative estimate of drug-likeness (QED) is 0.870. The number of amides is 2. The topological polar surface area (TPSA) is 78.7 Å². The summed E-state index contributed by atoms with van der Waals surface area (Å²) in [5.41, 5.74) is 1.45. The summed E-state index contributed by atoms with van der Waals surface area (Å²) in [4.78, 5) is 32.7. The highest BCUT2D eigenvalue weighted by molar-refractivity contribution is 6.31. The lowest BCUT2D eigenvalue weighted by atomic mass is 9.94. The first-order valence-corrected chi connectivity index (χ1v) is 9.82. The molecule has 1 unspecified atom stereocenters. The molecule has 1 atom stereocenters. The number of nitrogens with zero attached hydrogens (tertiary/aromatic N) is 3. The third-order valence-corrected chi connectivity index (χ3v) is 5.44. The van der Waals surface area contributed by atoms with Crippen molar-refractivity contribution in [1.82, 2.24) is 15.2 Å². The van der Waals surface area contributed by atoms with Crippen LogP contribution in [0.5, 0.6) is 0 Å². The van der Waals surface area contributed by atoms with Gasteiger partial charge in [-0.1, -0.05) is 11.6 Å². The van der Waals surface area contributed by atoms with Gasteiger partial charge in [-0.15, -0.1) is 0 Å². The zero-order chi connectivity index (χ0) is 18.8. The number of aromatic nitrogens is 1. The molecule has 2 amide bonds. The molecule has 144 valence electrons. The normalized spacial score (nSPS) is 21.2. The molecule has 8 heteroatoms. The van der Waals surface area contributed by atoms with Crippen LogP contribution in [0.25, 0.3) is 11.1 Å². The Morgan fingerprint density at radius 2 is 2.22 bits per heavy atom. The van der Waals surface area contributed by atoms with Crippen LogP contribution in [0.15, 0.2) is 22.6 Å². The van der Waals surface area contributed by atoms with Crippen LogP contribution in [-0.4, -0.2) is 54.4 Å². The third-order valence-electron chi connectivity index (χ3n) is 5.21. The monoisotopic (exact) mass is 390 g/mol. The van der Waals surface area contributed by atoms with Crippen molar-refractivity contribution in [1.29, 1.82) is 0 Å². The molecule has 7 nitrogen and oxygen atoms in total. The summed E-state index contributed by atoms with van der Waals surface area (Å²) in [6.07, 6.45) is 3.24. The lowest BCUT2D eigenvalue weighted by Crippen LogP contribution is -2.41. The summed E-state index contributed by atoms with van der Waals surface area (Å²) >= 11 is 6.02. The molecule has 0 aliphatic carbocycles. The summed E-state index contributed by atoms with van der Waals surface area (Å²) < 4.78 is 5.87. The van der Waals surface area contributed by atoms with Gasteiger partial charge in [-0.25, -0.2) is 0 Å². The van der Waals surface area contributed by atoms with E-state index in [4.69, 9.17) is 16.0 Å². The third kappa shape index (κ3) is 4.18. The van der Waals surface area contributed by atoms with E-state index in [1.165, 1.54) is 0 Å². The highest BCUT2D eigenvalue weighted by Crippen LogP contribution is 2.29. The van der Waals surface area contributed by atoms with Gasteiger partial charge in [0, 0.05) is 43.7 Å². The number of hydrogen-bond donors (Lipinski definition) is 1. The highest BCUT2D eigenvalue weighted by atomic mass is 35.5. The number of hydrogen-bond acceptors (Lipinski definition) is 5. The number of fused-ring (bicyclic) bond motifs is 1. The number of halogens is 1. The molecule has 2 saturated heterocycles. The largest absolute Gasteiger partial charge is 0.423 e. The van der Waals surface area contributed by atoms with Crippen molar-refractivity contribution >= 4 is 40.5 Å². The first-order valence-electron chi connectivity index (χ1n) is 9.44. The summed E-state index contributed by atoms with van der Waals surface area (Å²) in [7, 11) is 0. The Kier molecular flexibility index (Phi) is 5.20. The maximum Gasteiger partial charge on any atom is 0.298 e. The minimum absolute atomic E-state index is 0.0586. The van der Waals surface area contributed by atoms with E-state index < -0.39 is 0 Å². The minimum Gasteiger partial charge on any atom is -0.423 e. The zero-order valence-electron chi connectivity index (χ0n) is 15.1. The number of rotatable bonds is 3. The molecule has 0 spiro atoms.